The van der Waals surface area contributed by atoms with Gasteiger partial charge < -0.3 is 4.42 Å². The molecule has 2 rings (SSSR count). The minimum Gasteiger partial charge on any atom is -0.464 e. The van der Waals surface area contributed by atoms with Crippen molar-refractivity contribution in [2.24, 2.45) is 0 Å². The van der Waals surface area contributed by atoms with Gasteiger partial charge in [-0.3, -0.25) is 0 Å². The predicted octanol–water partition coefficient (Wildman–Crippen LogP) is 2.03. The molecule has 0 N–H and O–H groups in total. The van der Waals surface area contributed by atoms with E-state index < -0.39 is 0 Å². The second kappa shape index (κ2) is 1.62. The first-order valence-electron chi connectivity index (χ1n) is 2.72. The molecule has 0 atom stereocenters. The van der Waals surface area contributed by atoms with Gasteiger partial charge in [0.25, 0.3) is 0 Å². The van der Waals surface area contributed by atoms with Crippen molar-refractivity contribution in [1.82, 2.24) is 0 Å². The average Bonchev–Trinajstić information content (AvgIpc) is 2.33. The summed E-state index contributed by atoms with van der Waals surface area (Å²) in [7, 11) is 0. The number of rotatable bonds is 0. The van der Waals surface area contributed by atoms with Crippen molar-refractivity contribution in [3.63, 3.8) is 0 Å². The Morgan fingerprint density at radius 3 is 3.33 bits per heavy atom. The van der Waals surface area contributed by atoms with Crippen LogP contribution >= 0.6 is 0 Å². The molecule has 0 unspecified atom stereocenters. The lowest BCUT2D eigenvalue weighted by atomic mass is 10.3. The molecular weight excluding hydrogens is 112 g/mol. The molecule has 0 saturated carbocycles. The third-order valence-corrected chi connectivity index (χ3v) is 1.23. The van der Waals surface area contributed by atoms with E-state index in [4.69, 9.17) is 4.42 Å². The molecule has 2 radical (unpaired) electrons. The van der Waals surface area contributed by atoms with Gasteiger partial charge in [0.15, 0.2) is 0 Å². The van der Waals surface area contributed by atoms with Crippen molar-refractivity contribution < 1.29 is 4.42 Å². The van der Waals surface area contributed by atoms with Crippen molar-refractivity contribution in [3.8, 4) is 0 Å². The first-order valence-corrected chi connectivity index (χ1v) is 2.72. The Hall–Kier alpha value is -1.24. The first-order chi connectivity index (χ1) is 4.47. The number of hydrogen-bond acceptors (Lipinski definition) is 1. The van der Waals surface area contributed by atoms with Crippen LogP contribution in [0.25, 0.3) is 11.0 Å². The molecule has 0 saturated heterocycles. The highest BCUT2D eigenvalue weighted by atomic mass is 16.3. The number of furan rings is 1. The summed E-state index contributed by atoms with van der Waals surface area (Å²) >= 11 is 0. The van der Waals surface area contributed by atoms with Gasteiger partial charge >= 0.3 is 0 Å². The topological polar surface area (TPSA) is 13.1 Å². The Morgan fingerprint density at radius 1 is 1.44 bits per heavy atom. The van der Waals surface area contributed by atoms with Gasteiger partial charge in [0.2, 0.25) is 0 Å². The molecule has 1 aromatic carbocycles. The molecule has 9 heavy (non-hydrogen) atoms. The van der Waals surface area contributed by atoms with Crippen LogP contribution in [0, 0.1) is 12.1 Å². The van der Waals surface area contributed by atoms with Crippen LogP contribution in [0.3, 0.4) is 0 Å². The lowest BCUT2D eigenvalue weighted by molar-refractivity contribution is 0.615. The zero-order valence-electron chi connectivity index (χ0n) is 4.72. The quantitative estimate of drug-likeness (QED) is 0.513. The van der Waals surface area contributed by atoms with Crippen molar-refractivity contribution in [1.29, 1.82) is 0 Å². The highest BCUT2D eigenvalue weighted by molar-refractivity contribution is 5.75. The Labute approximate surface area is 52.9 Å². The van der Waals surface area contributed by atoms with Gasteiger partial charge in [0.1, 0.15) is 5.58 Å². The molecule has 0 aliphatic heterocycles. The maximum absolute atomic E-state index is 5.03. The van der Waals surface area contributed by atoms with E-state index in [0.29, 0.717) is 0 Å². The van der Waals surface area contributed by atoms with Gasteiger partial charge in [-0.15, -0.1) is 0 Å². The van der Waals surface area contributed by atoms with E-state index in [-0.39, 0.29) is 0 Å². The smallest absolute Gasteiger partial charge is 0.135 e. The van der Waals surface area contributed by atoms with E-state index in [1.165, 1.54) is 0 Å². The van der Waals surface area contributed by atoms with Gasteiger partial charge in [0, 0.05) is 11.5 Å². The van der Waals surface area contributed by atoms with Gasteiger partial charge in [-0.2, -0.15) is 0 Å². The fourth-order valence-electron chi connectivity index (χ4n) is 0.788. The van der Waals surface area contributed by atoms with Crippen molar-refractivity contribution in [2.75, 3.05) is 0 Å². The van der Waals surface area contributed by atoms with Crippen LogP contribution in [0.15, 0.2) is 28.9 Å². The third kappa shape index (κ3) is 0.617. The maximum Gasteiger partial charge on any atom is 0.135 e. The van der Waals surface area contributed by atoms with E-state index in [9.17, 15) is 0 Å². The SMILES string of the molecule is [c]1ccc2[c]coc2c1. The minimum atomic E-state index is 0.845. The van der Waals surface area contributed by atoms with Gasteiger partial charge in [0.05, 0.1) is 6.26 Å². The summed E-state index contributed by atoms with van der Waals surface area (Å²) < 4.78 is 5.03. The van der Waals surface area contributed by atoms with Crippen LogP contribution in [0.5, 0.6) is 0 Å². The summed E-state index contributed by atoms with van der Waals surface area (Å²) in [5.74, 6) is 0. The third-order valence-electron chi connectivity index (χ3n) is 1.23. The molecule has 1 aromatic heterocycles. The van der Waals surface area contributed by atoms with Crippen LogP contribution in [0.4, 0.5) is 0 Å². The number of benzene rings is 1. The molecule has 2 aromatic rings. The molecular formula is C8H4O. The van der Waals surface area contributed by atoms with Crippen LogP contribution < -0.4 is 0 Å². The summed E-state index contributed by atoms with van der Waals surface area (Å²) in [5.41, 5.74) is 0.845. The normalized spacial score (nSPS) is 10.2. The molecule has 0 aliphatic carbocycles. The van der Waals surface area contributed by atoms with E-state index in [0.717, 1.165) is 11.0 Å². The second-order valence-corrected chi connectivity index (χ2v) is 1.80. The molecule has 0 bridgehead atoms. The largest absolute Gasteiger partial charge is 0.464 e. The molecule has 1 heterocycles. The molecule has 42 valence electrons. The summed E-state index contributed by atoms with van der Waals surface area (Å²) in [6.45, 7) is 0. The summed E-state index contributed by atoms with van der Waals surface area (Å²) in [6, 6.07) is 11.4. The van der Waals surface area contributed by atoms with Crippen molar-refractivity contribution >= 4 is 11.0 Å². The standard InChI is InChI=1S/C8H4O/c1-2-4-8-7(3-1)5-6-9-8/h1,3-4,6H. The highest BCUT2D eigenvalue weighted by Crippen LogP contribution is 2.11. The molecule has 0 aliphatic rings. The zero-order chi connectivity index (χ0) is 6.10. The Balaban J connectivity index is 2.95. The van der Waals surface area contributed by atoms with Gasteiger partial charge in [-0.05, 0) is 18.2 Å². The summed E-state index contributed by atoms with van der Waals surface area (Å²) in [4.78, 5) is 0. The molecule has 0 amide bonds. The summed E-state index contributed by atoms with van der Waals surface area (Å²) in [5, 5.41) is 1.01. The zero-order valence-corrected chi connectivity index (χ0v) is 4.72. The van der Waals surface area contributed by atoms with Crippen LogP contribution in [-0.2, 0) is 0 Å². The second-order valence-electron chi connectivity index (χ2n) is 1.80. The van der Waals surface area contributed by atoms with E-state index in [1.807, 2.05) is 12.1 Å². The highest BCUT2D eigenvalue weighted by Gasteiger charge is 1.90. The first kappa shape index (κ1) is 4.62. The fourth-order valence-corrected chi connectivity index (χ4v) is 0.788. The fraction of sp³-hybridized carbons (Fsp3) is 0. The van der Waals surface area contributed by atoms with E-state index in [1.54, 1.807) is 12.3 Å². The van der Waals surface area contributed by atoms with Gasteiger partial charge in [-0.1, -0.05) is 6.07 Å². The Kier molecular flexibility index (Phi) is 0.833. The average molecular weight is 116 g/mol. The minimum absolute atomic E-state index is 0.845. The molecule has 1 nitrogen and oxygen atoms in total. The molecule has 0 spiro atoms. The van der Waals surface area contributed by atoms with Crippen molar-refractivity contribution in [2.45, 2.75) is 0 Å². The molecule has 0 fully saturated rings. The van der Waals surface area contributed by atoms with Crippen molar-refractivity contribution in [3.05, 3.63) is 36.6 Å². The Morgan fingerprint density at radius 2 is 2.44 bits per heavy atom. The summed E-state index contributed by atoms with van der Waals surface area (Å²) in [6.07, 6.45) is 1.55. The van der Waals surface area contributed by atoms with E-state index >= 15 is 0 Å². The number of fused-ring (bicyclic) bond motifs is 1. The molecule has 1 heteroatoms. The van der Waals surface area contributed by atoms with Crippen LogP contribution in [0.1, 0.15) is 0 Å². The van der Waals surface area contributed by atoms with Crippen LogP contribution in [0.2, 0.25) is 0 Å². The predicted molar refractivity (Wildman–Crippen MR) is 33.9 cm³/mol. The van der Waals surface area contributed by atoms with Crippen LogP contribution in [-0.4, -0.2) is 0 Å². The monoisotopic (exact) mass is 116 g/mol. The Bertz CT molecular complexity index is 279. The number of hydrogen-bond donors (Lipinski definition) is 0. The maximum atomic E-state index is 5.03. The van der Waals surface area contributed by atoms with E-state index in [2.05, 4.69) is 12.1 Å². The van der Waals surface area contributed by atoms with Gasteiger partial charge in [-0.25, -0.2) is 0 Å². The lowest BCUT2D eigenvalue weighted by Gasteiger charge is -1.80. The lowest BCUT2D eigenvalue weighted by Crippen LogP contribution is -1.58.